The Bertz CT molecular complexity index is 1040. The topological polar surface area (TPSA) is 78.3 Å². The van der Waals surface area contributed by atoms with Crippen LogP contribution in [0.1, 0.15) is 24.4 Å². The highest BCUT2D eigenvalue weighted by atomic mass is 32.2. The van der Waals surface area contributed by atoms with E-state index in [0.29, 0.717) is 28.2 Å². The van der Waals surface area contributed by atoms with E-state index in [1.165, 1.54) is 23.9 Å². The number of halogens is 1. The van der Waals surface area contributed by atoms with Crippen LogP contribution in [0.2, 0.25) is 0 Å². The Labute approximate surface area is 178 Å². The van der Waals surface area contributed by atoms with Crippen molar-refractivity contribution >= 4 is 23.4 Å². The van der Waals surface area contributed by atoms with Crippen LogP contribution >= 0.6 is 11.8 Å². The third-order valence-electron chi connectivity index (χ3n) is 4.39. The van der Waals surface area contributed by atoms with Gasteiger partial charge in [0.2, 0.25) is 5.91 Å². The van der Waals surface area contributed by atoms with Crippen LogP contribution < -0.4 is 14.8 Å². The minimum absolute atomic E-state index is 0.118. The first-order chi connectivity index (χ1) is 14.4. The molecule has 1 atom stereocenters. The molecule has 2 aromatic carbocycles. The molecule has 1 heterocycles. The molecule has 1 aromatic heterocycles. The number of aryl methyl sites for hydroxylation is 1. The number of benzene rings is 2. The van der Waals surface area contributed by atoms with E-state index < -0.39 is 5.82 Å². The maximum atomic E-state index is 13.4. The van der Waals surface area contributed by atoms with Gasteiger partial charge in [-0.2, -0.15) is 0 Å². The lowest BCUT2D eigenvalue weighted by Gasteiger charge is -2.15. The maximum Gasteiger partial charge on any atom is 0.234 e. The Morgan fingerprint density at radius 3 is 2.77 bits per heavy atom. The number of amides is 1. The molecule has 158 valence electrons. The minimum Gasteiger partial charge on any atom is -0.497 e. The molecular formula is C21H23FN4O3S. The van der Waals surface area contributed by atoms with Gasteiger partial charge >= 0.3 is 0 Å². The van der Waals surface area contributed by atoms with Crippen LogP contribution in [0, 0.1) is 12.7 Å². The van der Waals surface area contributed by atoms with Crippen LogP contribution in [0.3, 0.4) is 0 Å². The van der Waals surface area contributed by atoms with Crippen molar-refractivity contribution in [1.82, 2.24) is 14.8 Å². The number of methoxy groups -OCH3 is 1. The number of carbonyl (C=O) groups excluding carboxylic acids is 1. The molecule has 0 saturated heterocycles. The highest BCUT2D eigenvalue weighted by Gasteiger charge is 2.18. The lowest BCUT2D eigenvalue weighted by molar-refractivity contribution is -0.113. The van der Waals surface area contributed by atoms with E-state index >= 15 is 0 Å². The summed E-state index contributed by atoms with van der Waals surface area (Å²) in [5.74, 6) is 1.46. The Hall–Kier alpha value is -3.07. The van der Waals surface area contributed by atoms with Crippen LogP contribution in [-0.2, 0) is 11.8 Å². The first-order valence-corrected chi connectivity index (χ1v) is 10.2. The molecule has 3 rings (SSSR count). The molecule has 1 N–H and O–H groups in total. The Morgan fingerprint density at radius 2 is 2.00 bits per heavy atom. The molecule has 1 unspecified atom stereocenters. The lowest BCUT2D eigenvalue weighted by atomic mass is 10.2. The van der Waals surface area contributed by atoms with E-state index in [2.05, 4.69) is 15.5 Å². The van der Waals surface area contributed by atoms with Gasteiger partial charge in [0.05, 0.1) is 12.9 Å². The Kier molecular flexibility index (Phi) is 6.94. The summed E-state index contributed by atoms with van der Waals surface area (Å²) >= 11 is 1.24. The number of ether oxygens (including phenoxy) is 2. The molecule has 9 heteroatoms. The number of thioether (sulfide) groups is 1. The molecule has 0 fully saturated rings. The second-order valence-corrected chi connectivity index (χ2v) is 7.58. The van der Waals surface area contributed by atoms with Gasteiger partial charge in [-0.05, 0) is 43.7 Å². The second-order valence-electron chi connectivity index (χ2n) is 6.63. The summed E-state index contributed by atoms with van der Waals surface area (Å²) in [6.45, 7) is 3.68. The summed E-state index contributed by atoms with van der Waals surface area (Å²) in [6, 6.07) is 11.6. The third-order valence-corrected chi connectivity index (χ3v) is 5.41. The highest BCUT2D eigenvalue weighted by Crippen LogP contribution is 2.26. The predicted octanol–water partition coefficient (Wildman–Crippen LogP) is 4.14. The fourth-order valence-electron chi connectivity index (χ4n) is 2.78. The predicted molar refractivity (Wildman–Crippen MR) is 114 cm³/mol. The molecule has 3 aromatic rings. The monoisotopic (exact) mass is 430 g/mol. The standard InChI is InChI=1S/C21H23FN4O3S/c1-13-8-9-15(22)10-18(13)23-19(27)12-30-21-25-24-20(26(21)3)14(2)29-17-7-5-6-16(11-17)28-4/h5-11,14H,12H2,1-4H3,(H,23,27). The molecule has 0 radical (unpaired) electrons. The van der Waals surface area contributed by atoms with Gasteiger partial charge < -0.3 is 19.4 Å². The van der Waals surface area contributed by atoms with E-state index in [1.807, 2.05) is 32.2 Å². The number of carbonyl (C=O) groups is 1. The number of rotatable bonds is 8. The molecule has 1 amide bonds. The van der Waals surface area contributed by atoms with Gasteiger partial charge in [0.15, 0.2) is 17.1 Å². The Morgan fingerprint density at radius 1 is 1.23 bits per heavy atom. The van der Waals surface area contributed by atoms with Gasteiger partial charge in [-0.3, -0.25) is 4.79 Å². The van der Waals surface area contributed by atoms with Gasteiger partial charge in [0.25, 0.3) is 0 Å². The van der Waals surface area contributed by atoms with Gasteiger partial charge in [-0.1, -0.05) is 23.9 Å². The zero-order chi connectivity index (χ0) is 21.7. The quantitative estimate of drug-likeness (QED) is 0.541. The van der Waals surface area contributed by atoms with Gasteiger partial charge in [-0.25, -0.2) is 4.39 Å². The van der Waals surface area contributed by atoms with Crippen molar-refractivity contribution in [2.45, 2.75) is 25.1 Å². The van der Waals surface area contributed by atoms with Crippen molar-refractivity contribution in [3.8, 4) is 11.5 Å². The zero-order valence-electron chi connectivity index (χ0n) is 17.2. The van der Waals surface area contributed by atoms with Crippen LogP contribution in [0.25, 0.3) is 0 Å². The van der Waals surface area contributed by atoms with Crippen molar-refractivity contribution in [3.05, 3.63) is 59.7 Å². The number of hydrogen-bond acceptors (Lipinski definition) is 6. The van der Waals surface area contributed by atoms with E-state index in [-0.39, 0.29) is 17.8 Å². The number of nitrogens with zero attached hydrogens (tertiary/aromatic N) is 3. The minimum atomic E-state index is -0.397. The Balaban J connectivity index is 1.60. The number of aromatic nitrogens is 3. The fraction of sp³-hybridized carbons (Fsp3) is 0.286. The molecule has 0 bridgehead atoms. The largest absolute Gasteiger partial charge is 0.497 e. The first-order valence-electron chi connectivity index (χ1n) is 9.26. The summed E-state index contributed by atoms with van der Waals surface area (Å²) in [5, 5.41) is 11.7. The number of anilines is 1. The third kappa shape index (κ3) is 5.29. The van der Waals surface area contributed by atoms with Gasteiger partial charge in [0, 0.05) is 18.8 Å². The number of hydrogen-bond donors (Lipinski definition) is 1. The molecular weight excluding hydrogens is 407 g/mol. The van der Waals surface area contributed by atoms with Crippen molar-refractivity contribution in [2.75, 3.05) is 18.2 Å². The average molecular weight is 431 g/mol. The van der Waals surface area contributed by atoms with Crippen LogP contribution in [0.15, 0.2) is 47.6 Å². The summed E-state index contributed by atoms with van der Waals surface area (Å²) in [6.07, 6.45) is -0.354. The van der Waals surface area contributed by atoms with Crippen molar-refractivity contribution in [2.24, 2.45) is 7.05 Å². The van der Waals surface area contributed by atoms with Crippen molar-refractivity contribution < 1.29 is 18.7 Å². The van der Waals surface area contributed by atoms with Gasteiger partial charge in [-0.15, -0.1) is 10.2 Å². The van der Waals surface area contributed by atoms with Crippen molar-refractivity contribution in [1.29, 1.82) is 0 Å². The van der Waals surface area contributed by atoms with E-state index in [1.54, 1.807) is 30.7 Å². The van der Waals surface area contributed by atoms with Crippen LogP contribution in [-0.4, -0.2) is 33.5 Å². The first kappa shape index (κ1) is 21.6. The maximum absolute atomic E-state index is 13.4. The summed E-state index contributed by atoms with van der Waals surface area (Å²) < 4.78 is 26.3. The highest BCUT2D eigenvalue weighted by molar-refractivity contribution is 7.99. The second kappa shape index (κ2) is 9.62. The molecule has 0 spiro atoms. The van der Waals surface area contributed by atoms with E-state index in [0.717, 1.165) is 5.56 Å². The summed E-state index contributed by atoms with van der Waals surface area (Å²) in [4.78, 5) is 12.3. The molecule has 0 aliphatic heterocycles. The smallest absolute Gasteiger partial charge is 0.234 e. The summed E-state index contributed by atoms with van der Waals surface area (Å²) in [7, 11) is 3.41. The molecule has 7 nitrogen and oxygen atoms in total. The fourth-order valence-corrected chi connectivity index (χ4v) is 3.50. The van der Waals surface area contributed by atoms with Crippen molar-refractivity contribution in [3.63, 3.8) is 0 Å². The number of nitrogens with one attached hydrogen (secondary N) is 1. The SMILES string of the molecule is COc1cccc(OC(C)c2nnc(SCC(=O)Nc3cc(F)ccc3C)n2C)c1. The lowest BCUT2D eigenvalue weighted by Crippen LogP contribution is -2.15. The van der Waals surface area contributed by atoms with Gasteiger partial charge in [0.1, 0.15) is 17.3 Å². The van der Waals surface area contributed by atoms with Crippen LogP contribution in [0.4, 0.5) is 10.1 Å². The van der Waals surface area contributed by atoms with E-state index in [9.17, 15) is 9.18 Å². The summed E-state index contributed by atoms with van der Waals surface area (Å²) in [5.41, 5.74) is 1.25. The molecule has 0 saturated carbocycles. The molecule has 0 aliphatic rings. The molecule has 0 aliphatic carbocycles. The molecule has 30 heavy (non-hydrogen) atoms. The average Bonchev–Trinajstić information content (AvgIpc) is 3.10. The normalized spacial score (nSPS) is 11.8. The van der Waals surface area contributed by atoms with E-state index in [4.69, 9.17) is 9.47 Å². The van der Waals surface area contributed by atoms with Crippen LogP contribution in [0.5, 0.6) is 11.5 Å². The zero-order valence-corrected chi connectivity index (χ0v) is 18.0.